The van der Waals surface area contributed by atoms with Crippen LogP contribution in [0, 0.1) is 17.5 Å². The van der Waals surface area contributed by atoms with Crippen LogP contribution < -0.4 is 10.0 Å². The number of rotatable bonds is 6. The molecule has 0 spiro atoms. The lowest BCUT2D eigenvalue weighted by atomic mass is 10.1. The summed E-state index contributed by atoms with van der Waals surface area (Å²) in [5.41, 5.74) is 0.436. The summed E-state index contributed by atoms with van der Waals surface area (Å²) in [5.74, 6) is -3.21. The first kappa shape index (κ1) is 19.3. The van der Waals surface area contributed by atoms with Gasteiger partial charge in [-0.1, -0.05) is 6.07 Å². The second-order valence-electron chi connectivity index (χ2n) is 6.85. The predicted molar refractivity (Wildman–Crippen MR) is 104 cm³/mol. The van der Waals surface area contributed by atoms with Gasteiger partial charge in [0.15, 0.2) is 11.6 Å². The van der Waals surface area contributed by atoms with Crippen LogP contribution in [0.5, 0.6) is 0 Å². The maximum atomic E-state index is 14.6. The van der Waals surface area contributed by atoms with Gasteiger partial charge in [0.1, 0.15) is 11.5 Å². The molecule has 0 unspecified atom stereocenters. The Hall–Kier alpha value is -3.01. The van der Waals surface area contributed by atoms with E-state index in [9.17, 15) is 21.6 Å². The number of halogens is 3. The maximum absolute atomic E-state index is 14.6. The van der Waals surface area contributed by atoms with E-state index in [1.54, 1.807) is 30.2 Å². The summed E-state index contributed by atoms with van der Waals surface area (Å²) >= 11 is 0. The zero-order valence-corrected chi connectivity index (χ0v) is 16.1. The molecular formula is C19H17F3N4O2S. The monoisotopic (exact) mass is 422 g/mol. The van der Waals surface area contributed by atoms with Crippen molar-refractivity contribution >= 4 is 27.1 Å². The smallest absolute Gasteiger partial charge is 0.235 e. The fourth-order valence-corrected chi connectivity index (χ4v) is 4.27. The number of aromatic nitrogens is 2. The van der Waals surface area contributed by atoms with Gasteiger partial charge in [-0.2, -0.15) is 5.10 Å². The zero-order valence-electron chi connectivity index (χ0n) is 15.3. The van der Waals surface area contributed by atoms with Gasteiger partial charge in [-0.25, -0.2) is 21.6 Å². The molecule has 0 saturated heterocycles. The number of sulfonamides is 1. The van der Waals surface area contributed by atoms with Crippen molar-refractivity contribution in [2.24, 2.45) is 7.05 Å². The average molecular weight is 422 g/mol. The molecule has 1 heterocycles. The van der Waals surface area contributed by atoms with Gasteiger partial charge < -0.3 is 5.32 Å². The molecule has 1 aliphatic carbocycles. The fourth-order valence-electron chi connectivity index (χ4n) is 2.87. The Bertz CT molecular complexity index is 1190. The number of anilines is 3. The van der Waals surface area contributed by atoms with Crippen LogP contribution in [-0.4, -0.2) is 23.4 Å². The van der Waals surface area contributed by atoms with Gasteiger partial charge in [-0.3, -0.25) is 9.40 Å². The van der Waals surface area contributed by atoms with Crippen LogP contribution in [0.1, 0.15) is 12.8 Å². The number of benzene rings is 2. The second kappa shape index (κ2) is 7.11. The lowest BCUT2D eigenvalue weighted by molar-refractivity contribution is 0.512. The van der Waals surface area contributed by atoms with Crippen molar-refractivity contribution < 1.29 is 21.6 Å². The van der Waals surface area contributed by atoms with Crippen molar-refractivity contribution in [1.82, 2.24) is 9.78 Å². The second-order valence-corrected chi connectivity index (χ2v) is 8.81. The van der Waals surface area contributed by atoms with E-state index in [2.05, 4.69) is 15.1 Å². The molecule has 1 aromatic heterocycles. The number of aryl methyl sites for hydroxylation is 1. The highest BCUT2D eigenvalue weighted by Crippen LogP contribution is 2.36. The van der Waals surface area contributed by atoms with Gasteiger partial charge in [-0.15, -0.1) is 0 Å². The molecule has 4 rings (SSSR count). The summed E-state index contributed by atoms with van der Waals surface area (Å²) in [6.07, 6.45) is 4.29. The normalized spacial score (nSPS) is 14.1. The summed E-state index contributed by atoms with van der Waals surface area (Å²) in [6, 6.07) is 6.09. The Balaban J connectivity index is 1.67. The Morgan fingerprint density at radius 1 is 1.03 bits per heavy atom. The molecule has 0 aliphatic heterocycles. The van der Waals surface area contributed by atoms with Crippen LogP contribution in [0.25, 0.3) is 11.1 Å². The first-order chi connectivity index (χ1) is 13.7. The summed E-state index contributed by atoms with van der Waals surface area (Å²) in [4.78, 5) is 0. The molecule has 2 N–H and O–H groups in total. The van der Waals surface area contributed by atoms with Gasteiger partial charge in [0.05, 0.1) is 22.8 Å². The van der Waals surface area contributed by atoms with Crippen LogP contribution in [0.3, 0.4) is 0 Å². The molecule has 152 valence electrons. The quantitative estimate of drug-likeness (QED) is 0.626. The minimum Gasteiger partial charge on any atom is -0.349 e. The van der Waals surface area contributed by atoms with Crippen molar-refractivity contribution in [2.75, 3.05) is 10.0 Å². The molecule has 6 nitrogen and oxygen atoms in total. The van der Waals surface area contributed by atoms with E-state index in [4.69, 9.17) is 0 Å². The van der Waals surface area contributed by atoms with Crippen LogP contribution >= 0.6 is 0 Å². The van der Waals surface area contributed by atoms with E-state index < -0.39 is 38.4 Å². The third-order valence-electron chi connectivity index (χ3n) is 4.58. The Kier molecular flexibility index (Phi) is 4.73. The Morgan fingerprint density at radius 2 is 1.76 bits per heavy atom. The van der Waals surface area contributed by atoms with Crippen molar-refractivity contribution in [1.29, 1.82) is 0 Å². The summed E-state index contributed by atoms with van der Waals surface area (Å²) in [7, 11) is -1.99. The molecule has 3 aromatic rings. The molecule has 1 saturated carbocycles. The van der Waals surface area contributed by atoms with Gasteiger partial charge in [0.2, 0.25) is 10.0 Å². The van der Waals surface area contributed by atoms with Crippen LogP contribution in [0.15, 0.2) is 42.7 Å². The largest absolute Gasteiger partial charge is 0.349 e. The third-order valence-corrected chi connectivity index (χ3v) is 6.43. The lowest BCUT2D eigenvalue weighted by Crippen LogP contribution is -2.18. The molecule has 0 amide bonds. The van der Waals surface area contributed by atoms with Crippen molar-refractivity contribution in [3.05, 3.63) is 60.2 Å². The Morgan fingerprint density at radius 3 is 2.38 bits per heavy atom. The number of nitrogens with zero attached hydrogens (tertiary/aromatic N) is 2. The van der Waals surface area contributed by atoms with Gasteiger partial charge in [0, 0.05) is 18.8 Å². The standard InChI is InChI=1S/C19H17F3N4O2S/c1-26-10-12(9-23-26)11-2-6-16(15(21)8-11)24-19-17(7-5-14(20)18(19)22)25-29(27,28)13-3-4-13/h2,5-10,13,24-25H,3-4H2,1H3. The number of hydrogen-bond donors (Lipinski definition) is 2. The van der Waals surface area contributed by atoms with Crippen LogP contribution in [-0.2, 0) is 17.1 Å². The predicted octanol–water partition coefficient (Wildman–Crippen LogP) is 4.15. The Labute approximate surface area is 165 Å². The molecule has 1 aliphatic rings. The molecule has 1 fully saturated rings. The van der Waals surface area contributed by atoms with E-state index in [-0.39, 0.29) is 11.4 Å². The van der Waals surface area contributed by atoms with E-state index >= 15 is 0 Å². The molecular weight excluding hydrogens is 405 g/mol. The van der Waals surface area contributed by atoms with Crippen LogP contribution in [0.2, 0.25) is 0 Å². The first-order valence-electron chi connectivity index (χ1n) is 8.80. The zero-order chi connectivity index (χ0) is 20.8. The fraction of sp³-hybridized carbons (Fsp3) is 0.211. The van der Waals surface area contributed by atoms with E-state index in [1.165, 1.54) is 12.1 Å². The molecule has 10 heteroatoms. The lowest BCUT2D eigenvalue weighted by Gasteiger charge is -2.16. The number of hydrogen-bond acceptors (Lipinski definition) is 4. The average Bonchev–Trinajstić information content (AvgIpc) is 3.45. The van der Waals surface area contributed by atoms with Crippen molar-refractivity contribution in [2.45, 2.75) is 18.1 Å². The topological polar surface area (TPSA) is 76.0 Å². The SMILES string of the molecule is Cn1cc(-c2ccc(Nc3c(NS(=O)(=O)C4CC4)ccc(F)c3F)c(F)c2)cn1. The molecule has 0 bridgehead atoms. The summed E-state index contributed by atoms with van der Waals surface area (Å²) in [5, 5.41) is 5.94. The highest BCUT2D eigenvalue weighted by atomic mass is 32.2. The van der Waals surface area contributed by atoms with Gasteiger partial charge >= 0.3 is 0 Å². The maximum Gasteiger partial charge on any atom is 0.235 e. The number of nitrogens with one attached hydrogen (secondary N) is 2. The van der Waals surface area contributed by atoms with Gasteiger partial charge in [-0.05, 0) is 42.7 Å². The molecule has 0 atom stereocenters. The summed E-state index contributed by atoms with van der Waals surface area (Å²) in [6.45, 7) is 0. The highest BCUT2D eigenvalue weighted by molar-refractivity contribution is 7.93. The highest BCUT2D eigenvalue weighted by Gasteiger charge is 2.36. The molecule has 29 heavy (non-hydrogen) atoms. The summed E-state index contributed by atoms with van der Waals surface area (Å²) < 4.78 is 71.0. The van der Waals surface area contributed by atoms with Crippen LogP contribution in [0.4, 0.5) is 30.2 Å². The van der Waals surface area contributed by atoms with Crippen molar-refractivity contribution in [3.63, 3.8) is 0 Å². The molecule has 2 aromatic carbocycles. The van der Waals surface area contributed by atoms with E-state index in [0.717, 1.165) is 12.1 Å². The third kappa shape index (κ3) is 3.93. The minimum absolute atomic E-state index is 0.131. The first-order valence-corrected chi connectivity index (χ1v) is 10.3. The molecule has 0 radical (unpaired) electrons. The van der Waals surface area contributed by atoms with E-state index in [0.29, 0.717) is 24.0 Å². The van der Waals surface area contributed by atoms with Crippen molar-refractivity contribution in [3.8, 4) is 11.1 Å². The van der Waals surface area contributed by atoms with Gasteiger partial charge in [0.25, 0.3) is 0 Å². The minimum atomic E-state index is -3.72. The van der Waals surface area contributed by atoms with E-state index in [1.807, 2.05) is 0 Å².